The fourth-order valence-electron chi connectivity index (χ4n) is 3.24. The number of aromatic nitrogens is 4. The summed E-state index contributed by atoms with van der Waals surface area (Å²) < 4.78 is 41.7. The second-order valence-corrected chi connectivity index (χ2v) is 6.88. The Kier molecular flexibility index (Phi) is 5.33. The molecule has 1 saturated carbocycles. The number of aromatic amines is 1. The highest BCUT2D eigenvalue weighted by Gasteiger charge is 2.35. The van der Waals surface area contributed by atoms with E-state index in [1.807, 2.05) is 0 Å². The quantitative estimate of drug-likeness (QED) is 0.830. The summed E-state index contributed by atoms with van der Waals surface area (Å²) >= 11 is 0. The lowest BCUT2D eigenvalue weighted by Gasteiger charge is -2.27. The number of nitrogens with zero attached hydrogens (tertiary/aromatic N) is 3. The predicted octanol–water partition coefficient (Wildman–Crippen LogP) is 2.87. The maximum atomic E-state index is 14.1. The van der Waals surface area contributed by atoms with Gasteiger partial charge in [-0.1, -0.05) is 0 Å². The number of rotatable bonds is 5. The molecule has 7 nitrogen and oxygen atoms in total. The van der Waals surface area contributed by atoms with Gasteiger partial charge in [-0.2, -0.15) is 9.49 Å². The van der Waals surface area contributed by atoms with Crippen LogP contribution in [0.5, 0.6) is 0 Å². The van der Waals surface area contributed by atoms with Crippen molar-refractivity contribution in [2.45, 2.75) is 51.0 Å². The van der Waals surface area contributed by atoms with Crippen LogP contribution in [0, 0.1) is 11.9 Å². The van der Waals surface area contributed by atoms with E-state index in [2.05, 4.69) is 20.6 Å². The van der Waals surface area contributed by atoms with E-state index in [1.54, 1.807) is 6.92 Å². The molecule has 2 heterocycles. The van der Waals surface area contributed by atoms with E-state index in [0.717, 1.165) is 0 Å². The number of halogens is 3. The molecule has 146 valence electrons. The van der Waals surface area contributed by atoms with Crippen molar-refractivity contribution in [1.29, 1.82) is 0 Å². The SMILES string of the molecule is C[C@H](c1ccn[nH]c1=O)n1cc(NC(=O)CC2CCC(F)(F)CC2)c(F)n1. The summed E-state index contributed by atoms with van der Waals surface area (Å²) in [6.45, 7) is 1.66. The Morgan fingerprint density at radius 3 is 2.81 bits per heavy atom. The van der Waals surface area contributed by atoms with Crippen LogP contribution in [0.2, 0.25) is 0 Å². The van der Waals surface area contributed by atoms with Crippen LogP contribution >= 0.6 is 0 Å². The Hall–Kier alpha value is -2.65. The molecule has 0 unspecified atom stereocenters. The van der Waals surface area contributed by atoms with Crippen molar-refractivity contribution in [2.24, 2.45) is 5.92 Å². The molecule has 0 spiro atoms. The minimum atomic E-state index is -2.65. The van der Waals surface area contributed by atoms with Gasteiger partial charge < -0.3 is 5.32 Å². The van der Waals surface area contributed by atoms with Crippen LogP contribution in [0.3, 0.4) is 0 Å². The number of amides is 1. The topological polar surface area (TPSA) is 92.7 Å². The van der Waals surface area contributed by atoms with Crippen molar-refractivity contribution in [3.63, 3.8) is 0 Å². The molecule has 0 saturated heterocycles. The molecular formula is C17H20F3N5O2. The van der Waals surface area contributed by atoms with Crippen LogP contribution in [-0.4, -0.2) is 31.8 Å². The van der Waals surface area contributed by atoms with E-state index < -0.39 is 29.4 Å². The summed E-state index contributed by atoms with van der Waals surface area (Å²) in [5.74, 6) is -4.12. The van der Waals surface area contributed by atoms with E-state index >= 15 is 0 Å². The van der Waals surface area contributed by atoms with Crippen molar-refractivity contribution in [2.75, 3.05) is 5.32 Å². The largest absolute Gasteiger partial charge is 0.321 e. The third-order valence-electron chi connectivity index (χ3n) is 4.88. The van der Waals surface area contributed by atoms with Gasteiger partial charge in [-0.05, 0) is 31.7 Å². The Labute approximate surface area is 153 Å². The highest BCUT2D eigenvalue weighted by molar-refractivity contribution is 5.90. The smallest absolute Gasteiger partial charge is 0.269 e. The van der Waals surface area contributed by atoms with Crippen molar-refractivity contribution < 1.29 is 18.0 Å². The van der Waals surface area contributed by atoms with E-state index in [-0.39, 0.29) is 43.7 Å². The molecule has 1 amide bonds. The van der Waals surface area contributed by atoms with E-state index in [4.69, 9.17) is 0 Å². The highest BCUT2D eigenvalue weighted by atomic mass is 19.3. The number of carbonyl (C=O) groups is 1. The second kappa shape index (κ2) is 7.53. The average molecular weight is 383 g/mol. The van der Waals surface area contributed by atoms with Crippen molar-refractivity contribution in [3.8, 4) is 0 Å². The van der Waals surface area contributed by atoms with Crippen LogP contribution in [0.25, 0.3) is 0 Å². The fourth-order valence-corrected chi connectivity index (χ4v) is 3.24. The Morgan fingerprint density at radius 2 is 2.15 bits per heavy atom. The van der Waals surface area contributed by atoms with Crippen molar-refractivity contribution in [3.05, 3.63) is 40.3 Å². The third kappa shape index (κ3) is 4.55. The van der Waals surface area contributed by atoms with Crippen LogP contribution < -0.4 is 10.9 Å². The molecule has 10 heteroatoms. The Morgan fingerprint density at radius 1 is 1.44 bits per heavy atom. The zero-order valence-electron chi connectivity index (χ0n) is 14.7. The molecule has 2 aromatic heterocycles. The summed E-state index contributed by atoms with van der Waals surface area (Å²) in [6, 6.07) is 0.928. The molecule has 0 aliphatic heterocycles. The highest BCUT2D eigenvalue weighted by Crippen LogP contribution is 2.37. The Balaban J connectivity index is 1.64. The van der Waals surface area contributed by atoms with Gasteiger partial charge in [-0.15, -0.1) is 5.10 Å². The first-order valence-electron chi connectivity index (χ1n) is 8.71. The van der Waals surface area contributed by atoms with Gasteiger partial charge in [0.1, 0.15) is 5.69 Å². The molecule has 27 heavy (non-hydrogen) atoms. The molecule has 2 N–H and O–H groups in total. The zero-order chi connectivity index (χ0) is 19.6. The summed E-state index contributed by atoms with van der Waals surface area (Å²) in [7, 11) is 0. The molecular weight excluding hydrogens is 363 g/mol. The number of hydrogen-bond acceptors (Lipinski definition) is 4. The van der Waals surface area contributed by atoms with Gasteiger partial charge >= 0.3 is 0 Å². The summed E-state index contributed by atoms with van der Waals surface area (Å²) in [6.07, 6.45) is 2.84. The molecule has 1 atom stereocenters. The first-order valence-corrected chi connectivity index (χ1v) is 8.71. The molecule has 1 aliphatic carbocycles. The van der Waals surface area contributed by atoms with Crippen LogP contribution in [0.1, 0.15) is 50.6 Å². The van der Waals surface area contributed by atoms with E-state index in [1.165, 1.54) is 23.1 Å². The normalized spacial score (nSPS) is 18.2. The molecule has 0 aromatic carbocycles. The second-order valence-electron chi connectivity index (χ2n) is 6.88. The number of H-pyrrole nitrogens is 1. The zero-order valence-corrected chi connectivity index (χ0v) is 14.7. The molecule has 2 aromatic rings. The van der Waals surface area contributed by atoms with Crippen LogP contribution in [-0.2, 0) is 4.79 Å². The van der Waals surface area contributed by atoms with Gasteiger partial charge in [-0.25, -0.2) is 13.9 Å². The van der Waals surface area contributed by atoms with Gasteiger partial charge in [0.05, 0.1) is 12.2 Å². The standard InChI is InChI=1S/C17H20F3N5O2/c1-10(12-4-7-21-23-16(12)27)25-9-13(15(18)24-25)22-14(26)8-11-2-5-17(19,20)6-3-11/h4,7,9-11H,2-3,5-6,8H2,1H3,(H,22,26)(H,23,27)/t10-/m1/s1. The molecule has 0 radical (unpaired) electrons. The maximum Gasteiger partial charge on any atom is 0.269 e. The molecule has 3 rings (SSSR count). The van der Waals surface area contributed by atoms with Gasteiger partial charge in [0, 0.05) is 31.0 Å². The molecule has 1 aliphatic rings. The summed E-state index contributed by atoms with van der Waals surface area (Å²) in [5, 5.41) is 12.0. The first-order chi connectivity index (χ1) is 12.7. The lowest BCUT2D eigenvalue weighted by molar-refractivity contribution is -0.118. The number of anilines is 1. The number of carbonyl (C=O) groups excluding carboxylic acids is 1. The lowest BCUT2D eigenvalue weighted by Crippen LogP contribution is -2.27. The van der Waals surface area contributed by atoms with E-state index in [9.17, 15) is 22.8 Å². The predicted molar refractivity (Wildman–Crippen MR) is 91.0 cm³/mol. The average Bonchev–Trinajstić information content (AvgIpc) is 2.97. The van der Waals surface area contributed by atoms with Crippen LogP contribution in [0.15, 0.2) is 23.3 Å². The lowest BCUT2D eigenvalue weighted by atomic mass is 9.84. The minimum Gasteiger partial charge on any atom is -0.321 e. The summed E-state index contributed by atoms with van der Waals surface area (Å²) in [5.41, 5.74) is -0.187. The van der Waals surface area contributed by atoms with E-state index in [0.29, 0.717) is 5.56 Å². The van der Waals surface area contributed by atoms with Crippen molar-refractivity contribution >= 4 is 11.6 Å². The number of alkyl halides is 2. The molecule has 0 bridgehead atoms. The third-order valence-corrected chi connectivity index (χ3v) is 4.88. The monoisotopic (exact) mass is 383 g/mol. The number of nitrogens with one attached hydrogen (secondary N) is 2. The molecule has 1 fully saturated rings. The first kappa shape index (κ1) is 19.1. The van der Waals surface area contributed by atoms with Crippen LogP contribution in [0.4, 0.5) is 18.9 Å². The van der Waals surface area contributed by atoms with Gasteiger partial charge in [0.2, 0.25) is 11.8 Å². The van der Waals surface area contributed by atoms with Gasteiger partial charge in [0.25, 0.3) is 11.5 Å². The van der Waals surface area contributed by atoms with Gasteiger partial charge in [-0.3, -0.25) is 14.3 Å². The Bertz CT molecular complexity index is 869. The minimum absolute atomic E-state index is 0.0558. The van der Waals surface area contributed by atoms with Crippen molar-refractivity contribution in [1.82, 2.24) is 20.0 Å². The maximum absolute atomic E-state index is 14.1. The summed E-state index contributed by atoms with van der Waals surface area (Å²) in [4.78, 5) is 23.9. The van der Waals surface area contributed by atoms with Gasteiger partial charge in [0.15, 0.2) is 0 Å². The fraction of sp³-hybridized carbons (Fsp3) is 0.529. The number of hydrogen-bond donors (Lipinski definition) is 2.